The van der Waals surface area contributed by atoms with Crippen molar-refractivity contribution in [3.63, 3.8) is 0 Å². The lowest BCUT2D eigenvalue weighted by atomic mass is 10.2. The molecule has 0 aliphatic carbocycles. The first-order chi connectivity index (χ1) is 13.0. The number of thioether (sulfide) groups is 1. The van der Waals surface area contributed by atoms with Crippen molar-refractivity contribution in [1.82, 2.24) is 19.7 Å². The Kier molecular flexibility index (Phi) is 5.90. The maximum absolute atomic E-state index is 12.6. The minimum absolute atomic E-state index is 0.00700. The van der Waals surface area contributed by atoms with Gasteiger partial charge in [0.25, 0.3) is 5.69 Å². The third kappa shape index (κ3) is 4.19. The summed E-state index contributed by atoms with van der Waals surface area (Å²) in [6.07, 6.45) is 3.81. The molecule has 0 spiro atoms. The normalized spacial score (nSPS) is 14.9. The zero-order chi connectivity index (χ0) is 19.4. The molecule has 2 heterocycles. The summed E-state index contributed by atoms with van der Waals surface area (Å²) < 4.78 is 1.82. The Morgan fingerprint density at radius 1 is 1.41 bits per heavy atom. The quantitative estimate of drug-likeness (QED) is 0.313. The highest BCUT2D eigenvalue weighted by atomic mass is 32.2. The van der Waals surface area contributed by atoms with Crippen LogP contribution in [-0.2, 0) is 11.3 Å². The van der Waals surface area contributed by atoms with Crippen LogP contribution >= 0.6 is 11.8 Å². The van der Waals surface area contributed by atoms with Crippen molar-refractivity contribution in [2.75, 3.05) is 13.1 Å². The lowest BCUT2D eigenvalue weighted by molar-refractivity contribution is -0.384. The van der Waals surface area contributed by atoms with Crippen LogP contribution in [0.2, 0.25) is 0 Å². The Balaban J connectivity index is 1.86. The monoisotopic (exact) mass is 387 g/mol. The number of nitro groups is 1. The fourth-order valence-electron chi connectivity index (χ4n) is 3.04. The Morgan fingerprint density at radius 3 is 2.81 bits per heavy atom. The molecule has 2 aromatic rings. The molecule has 1 saturated heterocycles. The maximum atomic E-state index is 12.6. The second-order valence-corrected chi connectivity index (χ2v) is 7.61. The summed E-state index contributed by atoms with van der Waals surface area (Å²) in [7, 11) is 0. The third-order valence-corrected chi connectivity index (χ3v) is 5.46. The van der Waals surface area contributed by atoms with E-state index in [1.54, 1.807) is 18.2 Å². The average molecular weight is 387 g/mol. The largest absolute Gasteiger partial charge is 0.342 e. The SMILES string of the molecule is C=CCn1c(S[C@H](C)C(=O)N2CCCC2)nnc1-c1cccc([N+](=O)[O-])c1. The van der Waals surface area contributed by atoms with Gasteiger partial charge in [-0.25, -0.2) is 0 Å². The van der Waals surface area contributed by atoms with Crippen LogP contribution in [0.5, 0.6) is 0 Å². The highest BCUT2D eigenvalue weighted by molar-refractivity contribution is 8.00. The van der Waals surface area contributed by atoms with Crippen molar-refractivity contribution in [1.29, 1.82) is 0 Å². The van der Waals surface area contributed by atoms with Crippen molar-refractivity contribution >= 4 is 23.4 Å². The summed E-state index contributed by atoms with van der Waals surface area (Å²) in [5, 5.41) is 19.8. The summed E-state index contributed by atoms with van der Waals surface area (Å²) in [4.78, 5) is 25.1. The van der Waals surface area contributed by atoms with Crippen molar-refractivity contribution < 1.29 is 9.72 Å². The molecule has 0 radical (unpaired) electrons. The molecular weight excluding hydrogens is 366 g/mol. The van der Waals surface area contributed by atoms with E-state index < -0.39 is 4.92 Å². The van der Waals surface area contributed by atoms with E-state index in [1.165, 1.54) is 23.9 Å². The number of non-ortho nitro benzene ring substituents is 1. The van der Waals surface area contributed by atoms with E-state index in [2.05, 4.69) is 16.8 Å². The zero-order valence-corrected chi connectivity index (χ0v) is 15.9. The van der Waals surface area contributed by atoms with Gasteiger partial charge in [-0.05, 0) is 19.8 Å². The van der Waals surface area contributed by atoms with Gasteiger partial charge in [0.15, 0.2) is 11.0 Å². The minimum Gasteiger partial charge on any atom is -0.342 e. The predicted molar refractivity (Wildman–Crippen MR) is 103 cm³/mol. The van der Waals surface area contributed by atoms with Crippen molar-refractivity contribution in [3.8, 4) is 11.4 Å². The smallest absolute Gasteiger partial charge is 0.270 e. The lowest BCUT2D eigenvalue weighted by Gasteiger charge is -2.19. The lowest BCUT2D eigenvalue weighted by Crippen LogP contribution is -2.34. The highest BCUT2D eigenvalue weighted by Crippen LogP contribution is 2.29. The number of aromatic nitrogens is 3. The van der Waals surface area contributed by atoms with Gasteiger partial charge in [0.05, 0.1) is 10.2 Å². The number of carbonyl (C=O) groups excluding carboxylic acids is 1. The molecule has 0 saturated carbocycles. The van der Waals surface area contributed by atoms with Gasteiger partial charge < -0.3 is 4.90 Å². The van der Waals surface area contributed by atoms with Gasteiger partial charge >= 0.3 is 0 Å². The second-order valence-electron chi connectivity index (χ2n) is 6.31. The molecule has 1 aromatic carbocycles. The van der Waals surface area contributed by atoms with Crippen LogP contribution in [0.4, 0.5) is 5.69 Å². The van der Waals surface area contributed by atoms with Gasteiger partial charge in [-0.3, -0.25) is 19.5 Å². The molecule has 1 aliphatic heterocycles. The molecule has 0 bridgehead atoms. The van der Waals surface area contributed by atoms with Crippen molar-refractivity contribution in [2.24, 2.45) is 0 Å². The molecule has 1 aliphatic rings. The summed E-state index contributed by atoms with van der Waals surface area (Å²) in [5.41, 5.74) is 0.594. The number of benzene rings is 1. The summed E-state index contributed by atoms with van der Waals surface area (Å²) >= 11 is 1.35. The average Bonchev–Trinajstić information content (AvgIpc) is 3.32. The van der Waals surface area contributed by atoms with Gasteiger partial charge in [0.2, 0.25) is 5.91 Å². The Morgan fingerprint density at radius 2 is 2.15 bits per heavy atom. The van der Waals surface area contributed by atoms with E-state index >= 15 is 0 Å². The molecule has 1 fully saturated rings. The van der Waals surface area contributed by atoms with Gasteiger partial charge in [-0.1, -0.05) is 30.0 Å². The molecule has 0 unspecified atom stereocenters. The van der Waals surface area contributed by atoms with Crippen molar-refractivity contribution in [3.05, 3.63) is 47.0 Å². The second kappa shape index (κ2) is 8.34. The van der Waals surface area contributed by atoms with Crippen LogP contribution in [0, 0.1) is 10.1 Å². The van der Waals surface area contributed by atoms with Crippen molar-refractivity contribution in [2.45, 2.75) is 36.7 Å². The molecule has 27 heavy (non-hydrogen) atoms. The topological polar surface area (TPSA) is 94.2 Å². The number of nitrogens with zero attached hydrogens (tertiary/aromatic N) is 5. The number of hydrogen-bond acceptors (Lipinski definition) is 6. The first-order valence-corrected chi connectivity index (χ1v) is 9.63. The Hall–Kier alpha value is -2.68. The number of hydrogen-bond donors (Lipinski definition) is 0. The summed E-state index contributed by atoms with van der Waals surface area (Å²) in [6.45, 7) is 7.69. The van der Waals surface area contributed by atoms with E-state index in [4.69, 9.17) is 0 Å². The summed E-state index contributed by atoms with van der Waals surface area (Å²) in [5.74, 6) is 0.615. The van der Waals surface area contributed by atoms with Crippen LogP contribution in [0.15, 0.2) is 42.1 Å². The zero-order valence-electron chi connectivity index (χ0n) is 15.1. The standard InChI is InChI=1S/C18H21N5O3S/c1-3-9-22-16(14-7-6-8-15(12-14)23(25)26)19-20-18(22)27-13(2)17(24)21-10-4-5-11-21/h3,6-8,12-13H,1,4-5,9-11H2,2H3/t13-/m1/s1. The Bertz CT molecular complexity index is 860. The van der Waals surface area contributed by atoms with E-state index in [0.29, 0.717) is 23.1 Å². The fourth-order valence-corrected chi connectivity index (χ4v) is 3.99. The van der Waals surface area contributed by atoms with Crippen LogP contribution in [0.3, 0.4) is 0 Å². The van der Waals surface area contributed by atoms with Crippen LogP contribution in [0.25, 0.3) is 11.4 Å². The molecule has 3 rings (SSSR count). The van der Waals surface area contributed by atoms with Gasteiger partial charge in [0, 0.05) is 37.3 Å². The third-order valence-electron chi connectivity index (χ3n) is 4.39. The van der Waals surface area contributed by atoms with Crippen LogP contribution in [0.1, 0.15) is 19.8 Å². The van der Waals surface area contributed by atoms with Crippen LogP contribution < -0.4 is 0 Å². The highest BCUT2D eigenvalue weighted by Gasteiger charge is 2.26. The molecular formula is C18H21N5O3S. The fraction of sp³-hybridized carbons (Fsp3) is 0.389. The van der Waals surface area contributed by atoms with E-state index in [-0.39, 0.29) is 16.8 Å². The molecule has 1 aromatic heterocycles. The first kappa shape index (κ1) is 19.1. The molecule has 0 N–H and O–H groups in total. The number of likely N-dealkylation sites (tertiary alicyclic amines) is 1. The number of allylic oxidation sites excluding steroid dienone is 1. The summed E-state index contributed by atoms with van der Waals surface area (Å²) in [6, 6.07) is 6.28. The number of carbonyl (C=O) groups is 1. The number of nitro benzene ring substituents is 1. The molecule has 1 amide bonds. The first-order valence-electron chi connectivity index (χ1n) is 8.75. The predicted octanol–water partition coefficient (Wildman–Crippen LogP) is 3.14. The van der Waals surface area contributed by atoms with E-state index in [9.17, 15) is 14.9 Å². The van der Waals surface area contributed by atoms with Crippen LogP contribution in [-0.4, -0.2) is 48.8 Å². The van der Waals surface area contributed by atoms with Gasteiger partial charge in [0.1, 0.15) is 0 Å². The van der Waals surface area contributed by atoms with E-state index in [0.717, 1.165) is 25.9 Å². The van der Waals surface area contributed by atoms with E-state index in [1.807, 2.05) is 16.4 Å². The van der Waals surface area contributed by atoms with Gasteiger partial charge in [-0.15, -0.1) is 16.8 Å². The molecule has 1 atom stereocenters. The Labute approximate surface area is 161 Å². The maximum Gasteiger partial charge on any atom is 0.270 e. The number of rotatable bonds is 7. The molecule has 8 nitrogen and oxygen atoms in total. The molecule has 9 heteroatoms. The minimum atomic E-state index is -0.440. The number of amides is 1. The molecule has 142 valence electrons. The van der Waals surface area contributed by atoms with Gasteiger partial charge in [-0.2, -0.15) is 0 Å².